The first-order chi connectivity index (χ1) is 14.5. The van der Waals surface area contributed by atoms with E-state index in [1.807, 2.05) is 6.07 Å². The van der Waals surface area contributed by atoms with Crippen LogP contribution < -0.4 is 14.8 Å². The van der Waals surface area contributed by atoms with Gasteiger partial charge in [0.05, 0.1) is 18.1 Å². The summed E-state index contributed by atoms with van der Waals surface area (Å²) in [6, 6.07) is 6.80. The van der Waals surface area contributed by atoms with Crippen molar-refractivity contribution in [2.45, 2.75) is 18.9 Å². The van der Waals surface area contributed by atoms with E-state index in [1.165, 1.54) is 7.11 Å². The number of nitriles is 1. The van der Waals surface area contributed by atoms with E-state index in [4.69, 9.17) is 19.5 Å². The molecule has 0 radical (unpaired) electrons. The Morgan fingerprint density at radius 2 is 2.27 bits per heavy atom. The lowest BCUT2D eigenvalue weighted by molar-refractivity contribution is -0.129. The van der Waals surface area contributed by atoms with Gasteiger partial charge in [0.2, 0.25) is 5.91 Å². The minimum atomic E-state index is -0.527. The minimum absolute atomic E-state index is 0.0149. The summed E-state index contributed by atoms with van der Waals surface area (Å²) >= 11 is 0.772. The maximum absolute atomic E-state index is 12.6. The van der Waals surface area contributed by atoms with Crippen molar-refractivity contribution in [1.82, 2.24) is 10.2 Å². The van der Waals surface area contributed by atoms with Gasteiger partial charge in [0.15, 0.2) is 18.1 Å². The summed E-state index contributed by atoms with van der Waals surface area (Å²) in [7, 11) is 1.46. The van der Waals surface area contributed by atoms with Crippen molar-refractivity contribution in [3.63, 3.8) is 0 Å². The van der Waals surface area contributed by atoms with E-state index in [-0.39, 0.29) is 24.2 Å². The van der Waals surface area contributed by atoms with Crippen LogP contribution in [-0.4, -0.2) is 61.5 Å². The van der Waals surface area contributed by atoms with Gasteiger partial charge in [-0.2, -0.15) is 5.26 Å². The SMILES string of the molecule is COc1cc(/C=C2\SC(=O)N(CC(=O)NC[C@H]3CCCO3)C2=O)ccc1OCC#N. The average Bonchev–Trinajstić information content (AvgIpc) is 3.35. The van der Waals surface area contributed by atoms with Gasteiger partial charge in [0.1, 0.15) is 12.6 Å². The van der Waals surface area contributed by atoms with Crippen LogP contribution in [0.5, 0.6) is 11.5 Å². The van der Waals surface area contributed by atoms with E-state index in [0.717, 1.165) is 29.5 Å². The van der Waals surface area contributed by atoms with Crippen LogP contribution >= 0.6 is 11.8 Å². The van der Waals surface area contributed by atoms with Crippen molar-refractivity contribution >= 4 is 34.9 Å². The van der Waals surface area contributed by atoms with E-state index in [1.54, 1.807) is 24.3 Å². The van der Waals surface area contributed by atoms with Crippen LogP contribution in [0.2, 0.25) is 0 Å². The van der Waals surface area contributed by atoms with Crippen molar-refractivity contribution in [1.29, 1.82) is 5.26 Å². The van der Waals surface area contributed by atoms with Crippen LogP contribution in [0.4, 0.5) is 4.79 Å². The van der Waals surface area contributed by atoms with Gasteiger partial charge in [-0.05, 0) is 48.4 Å². The molecule has 0 saturated carbocycles. The molecule has 2 aliphatic rings. The Balaban J connectivity index is 1.64. The van der Waals surface area contributed by atoms with Crippen LogP contribution in [0.15, 0.2) is 23.1 Å². The standard InChI is InChI=1S/C20H21N3O6S/c1-27-16-9-13(4-5-15(16)29-8-6-21)10-17-19(25)23(20(26)30-17)12-18(24)22-11-14-3-2-7-28-14/h4-5,9-10,14H,2-3,7-8,11-12H2,1H3,(H,22,24)/b17-10-/t14-/m1/s1. The molecule has 30 heavy (non-hydrogen) atoms. The highest BCUT2D eigenvalue weighted by molar-refractivity contribution is 8.18. The Bertz CT molecular complexity index is 904. The van der Waals surface area contributed by atoms with Crippen LogP contribution in [0.3, 0.4) is 0 Å². The summed E-state index contributed by atoms with van der Waals surface area (Å²) in [5.41, 5.74) is 0.615. The average molecular weight is 431 g/mol. The van der Waals surface area contributed by atoms with E-state index >= 15 is 0 Å². The van der Waals surface area contributed by atoms with E-state index in [9.17, 15) is 14.4 Å². The zero-order valence-corrected chi connectivity index (χ0v) is 17.2. The molecule has 0 aromatic heterocycles. The largest absolute Gasteiger partial charge is 0.493 e. The molecule has 10 heteroatoms. The van der Waals surface area contributed by atoms with Crippen LogP contribution in [0, 0.1) is 11.3 Å². The van der Waals surface area contributed by atoms with Gasteiger partial charge in [0, 0.05) is 13.2 Å². The van der Waals surface area contributed by atoms with Crippen molar-refractivity contribution in [2.24, 2.45) is 0 Å². The van der Waals surface area contributed by atoms with Gasteiger partial charge in [-0.1, -0.05) is 6.07 Å². The molecular formula is C20H21N3O6S. The Morgan fingerprint density at radius 1 is 1.43 bits per heavy atom. The fourth-order valence-electron chi connectivity index (χ4n) is 3.02. The van der Waals surface area contributed by atoms with Crippen LogP contribution in [0.1, 0.15) is 18.4 Å². The van der Waals surface area contributed by atoms with Crippen molar-refractivity contribution in [3.05, 3.63) is 28.7 Å². The second-order valence-electron chi connectivity index (χ2n) is 6.56. The van der Waals surface area contributed by atoms with Crippen LogP contribution in [-0.2, 0) is 14.3 Å². The Hall–Kier alpha value is -3.03. The van der Waals surface area contributed by atoms with E-state index in [2.05, 4.69) is 5.32 Å². The highest BCUT2D eigenvalue weighted by atomic mass is 32.2. The molecule has 158 valence electrons. The Labute approximate surface area is 177 Å². The molecule has 9 nitrogen and oxygen atoms in total. The van der Waals surface area contributed by atoms with E-state index < -0.39 is 17.1 Å². The fraction of sp³-hybridized carbons (Fsp3) is 0.400. The number of ether oxygens (including phenoxy) is 3. The van der Waals surface area contributed by atoms with Crippen LogP contribution in [0.25, 0.3) is 6.08 Å². The number of methoxy groups -OCH3 is 1. The number of imide groups is 1. The second-order valence-corrected chi connectivity index (χ2v) is 7.56. The predicted octanol–water partition coefficient (Wildman–Crippen LogP) is 1.93. The summed E-state index contributed by atoms with van der Waals surface area (Å²) in [6.07, 6.45) is 3.38. The van der Waals surface area contributed by atoms with Gasteiger partial charge >= 0.3 is 0 Å². The summed E-state index contributed by atoms with van der Waals surface area (Å²) < 4.78 is 15.9. The fourth-order valence-corrected chi connectivity index (χ4v) is 3.86. The first kappa shape index (κ1) is 21.7. The van der Waals surface area contributed by atoms with Gasteiger partial charge in [-0.15, -0.1) is 0 Å². The molecule has 3 rings (SSSR count). The highest BCUT2D eigenvalue weighted by Crippen LogP contribution is 2.34. The zero-order valence-electron chi connectivity index (χ0n) is 16.4. The molecule has 1 aromatic rings. The summed E-state index contributed by atoms with van der Waals surface area (Å²) in [6.45, 7) is 0.595. The second kappa shape index (κ2) is 10.1. The molecule has 2 heterocycles. The third-order valence-corrected chi connectivity index (χ3v) is 5.41. The van der Waals surface area contributed by atoms with Gasteiger partial charge < -0.3 is 19.5 Å². The highest BCUT2D eigenvalue weighted by Gasteiger charge is 2.36. The summed E-state index contributed by atoms with van der Waals surface area (Å²) in [4.78, 5) is 38.1. The number of hydrogen-bond acceptors (Lipinski definition) is 8. The van der Waals surface area contributed by atoms with Gasteiger partial charge in [-0.3, -0.25) is 19.3 Å². The third kappa shape index (κ3) is 5.31. The first-order valence-corrected chi connectivity index (χ1v) is 10.1. The lowest BCUT2D eigenvalue weighted by Crippen LogP contribution is -2.41. The van der Waals surface area contributed by atoms with Gasteiger partial charge in [-0.25, -0.2) is 0 Å². The molecule has 1 aromatic carbocycles. The van der Waals surface area contributed by atoms with Crippen molar-refractivity contribution < 1.29 is 28.6 Å². The third-order valence-electron chi connectivity index (χ3n) is 4.50. The van der Waals surface area contributed by atoms with Crippen molar-refractivity contribution in [2.75, 3.05) is 33.4 Å². The Kier molecular flexibility index (Phi) is 7.32. The topological polar surface area (TPSA) is 118 Å². The molecular weight excluding hydrogens is 410 g/mol. The molecule has 0 aliphatic carbocycles. The van der Waals surface area contributed by atoms with Crippen molar-refractivity contribution in [3.8, 4) is 17.6 Å². The number of hydrogen-bond donors (Lipinski definition) is 1. The normalized spacial score (nSPS) is 19.8. The zero-order chi connectivity index (χ0) is 21.5. The summed E-state index contributed by atoms with van der Waals surface area (Å²) in [5, 5.41) is 10.8. The maximum Gasteiger partial charge on any atom is 0.294 e. The first-order valence-electron chi connectivity index (χ1n) is 9.33. The quantitative estimate of drug-likeness (QED) is 0.621. The number of carbonyl (C=O) groups is 3. The molecule has 2 saturated heterocycles. The number of carbonyl (C=O) groups excluding carboxylic acids is 3. The summed E-state index contributed by atoms with van der Waals surface area (Å²) in [5.74, 6) is -0.144. The number of amides is 3. The smallest absolute Gasteiger partial charge is 0.294 e. The Morgan fingerprint density at radius 3 is 2.97 bits per heavy atom. The molecule has 0 bridgehead atoms. The maximum atomic E-state index is 12.6. The number of benzene rings is 1. The molecule has 2 fully saturated rings. The number of rotatable bonds is 8. The number of nitrogens with zero attached hydrogens (tertiary/aromatic N) is 2. The molecule has 0 spiro atoms. The lowest BCUT2D eigenvalue weighted by Gasteiger charge is -2.14. The molecule has 3 amide bonds. The number of nitrogens with one attached hydrogen (secondary N) is 1. The predicted molar refractivity (Wildman–Crippen MR) is 109 cm³/mol. The minimum Gasteiger partial charge on any atom is -0.493 e. The monoisotopic (exact) mass is 431 g/mol. The molecule has 1 N–H and O–H groups in total. The molecule has 0 unspecified atom stereocenters. The number of thioether (sulfide) groups is 1. The van der Waals surface area contributed by atoms with E-state index in [0.29, 0.717) is 30.2 Å². The molecule has 2 aliphatic heterocycles. The lowest BCUT2D eigenvalue weighted by atomic mass is 10.2. The van der Waals surface area contributed by atoms with Gasteiger partial charge in [0.25, 0.3) is 11.1 Å². The molecule has 1 atom stereocenters.